The number of nitro benzene ring substituents is 1. The Labute approximate surface area is 111 Å². The lowest BCUT2D eigenvalue weighted by molar-refractivity contribution is -0.385. The largest absolute Gasteiger partial charge is 0.496 e. The predicted molar refractivity (Wildman–Crippen MR) is 68.3 cm³/mol. The van der Waals surface area contributed by atoms with Crippen LogP contribution in [-0.2, 0) is 4.74 Å². The molecule has 0 atom stereocenters. The van der Waals surface area contributed by atoms with Crippen molar-refractivity contribution in [1.82, 2.24) is 0 Å². The maximum absolute atomic E-state index is 11.0. The van der Waals surface area contributed by atoms with Gasteiger partial charge < -0.3 is 18.9 Å². The minimum atomic E-state index is -0.538. The summed E-state index contributed by atoms with van der Waals surface area (Å²) >= 11 is 0. The minimum Gasteiger partial charge on any atom is -0.496 e. The van der Waals surface area contributed by atoms with E-state index in [1.165, 1.54) is 20.3 Å². The lowest BCUT2D eigenvalue weighted by Gasteiger charge is -2.15. The van der Waals surface area contributed by atoms with E-state index >= 15 is 0 Å². The number of hydrogen-bond acceptors (Lipinski definition) is 6. The van der Waals surface area contributed by atoms with Gasteiger partial charge in [0.1, 0.15) is 12.4 Å². The summed E-state index contributed by atoms with van der Waals surface area (Å²) in [6.07, 6.45) is 0. The number of methoxy groups -OCH3 is 3. The van der Waals surface area contributed by atoms with Crippen LogP contribution in [0.25, 0.3) is 0 Å². The second-order valence-electron chi connectivity index (χ2n) is 3.68. The van der Waals surface area contributed by atoms with Crippen LogP contribution in [0, 0.1) is 17.0 Å². The predicted octanol–water partition coefficient (Wildman–Crippen LogP) is 1.95. The molecule has 0 unspecified atom stereocenters. The van der Waals surface area contributed by atoms with Crippen LogP contribution in [0.5, 0.6) is 17.2 Å². The molecule has 1 aromatic carbocycles. The number of benzene rings is 1. The number of hydrogen-bond donors (Lipinski definition) is 0. The van der Waals surface area contributed by atoms with Gasteiger partial charge in [-0.25, -0.2) is 0 Å². The molecule has 19 heavy (non-hydrogen) atoms. The van der Waals surface area contributed by atoms with E-state index in [4.69, 9.17) is 18.9 Å². The van der Waals surface area contributed by atoms with Crippen molar-refractivity contribution in [2.45, 2.75) is 6.92 Å². The molecule has 7 nitrogen and oxygen atoms in total. The molecule has 7 heteroatoms. The Morgan fingerprint density at radius 2 is 1.84 bits per heavy atom. The smallest absolute Gasteiger partial charge is 0.318 e. The van der Waals surface area contributed by atoms with Gasteiger partial charge in [0, 0.05) is 12.7 Å². The van der Waals surface area contributed by atoms with E-state index in [1.807, 2.05) is 0 Å². The molecule has 0 aromatic heterocycles. The number of rotatable bonds is 7. The van der Waals surface area contributed by atoms with E-state index < -0.39 is 4.92 Å². The Hall–Kier alpha value is -2.02. The SMILES string of the molecule is COCCOc1c(C)c(OC)cc([N+](=O)[O-])c1OC. The Morgan fingerprint density at radius 3 is 2.32 bits per heavy atom. The summed E-state index contributed by atoms with van der Waals surface area (Å²) in [5.74, 6) is 0.755. The summed E-state index contributed by atoms with van der Waals surface area (Å²) in [4.78, 5) is 10.5. The molecule has 0 saturated heterocycles. The molecule has 0 spiro atoms. The summed E-state index contributed by atoms with van der Waals surface area (Å²) in [5, 5.41) is 11.0. The third-order valence-corrected chi connectivity index (χ3v) is 2.57. The Morgan fingerprint density at radius 1 is 1.16 bits per heavy atom. The molecule has 0 aliphatic rings. The molecule has 0 aliphatic heterocycles. The molecule has 106 valence electrons. The topological polar surface area (TPSA) is 80.1 Å². The van der Waals surface area contributed by atoms with Crippen molar-refractivity contribution in [2.24, 2.45) is 0 Å². The van der Waals surface area contributed by atoms with E-state index in [0.29, 0.717) is 23.7 Å². The van der Waals surface area contributed by atoms with Gasteiger partial charge in [-0.3, -0.25) is 10.1 Å². The standard InChI is InChI=1S/C12H17NO6/c1-8-10(17-3)7-9(13(14)15)12(18-4)11(8)19-6-5-16-2/h7H,5-6H2,1-4H3. The summed E-state index contributed by atoms with van der Waals surface area (Å²) < 4.78 is 20.6. The number of nitrogens with zero attached hydrogens (tertiary/aromatic N) is 1. The van der Waals surface area contributed by atoms with Crippen molar-refractivity contribution >= 4 is 5.69 Å². The van der Waals surface area contributed by atoms with E-state index in [-0.39, 0.29) is 18.0 Å². The van der Waals surface area contributed by atoms with Crippen LogP contribution in [0.3, 0.4) is 0 Å². The molecule has 0 fully saturated rings. The van der Waals surface area contributed by atoms with Gasteiger partial charge in [0.2, 0.25) is 5.75 Å². The highest BCUT2D eigenvalue weighted by Crippen LogP contribution is 2.44. The van der Waals surface area contributed by atoms with Crippen molar-refractivity contribution in [3.63, 3.8) is 0 Å². The van der Waals surface area contributed by atoms with Gasteiger partial charge >= 0.3 is 5.69 Å². The molecular weight excluding hydrogens is 254 g/mol. The molecule has 0 saturated carbocycles. The molecule has 0 aliphatic carbocycles. The van der Waals surface area contributed by atoms with Gasteiger partial charge in [-0.15, -0.1) is 0 Å². The fourth-order valence-electron chi connectivity index (χ4n) is 1.64. The molecule has 0 radical (unpaired) electrons. The van der Waals surface area contributed by atoms with Crippen molar-refractivity contribution in [3.05, 3.63) is 21.7 Å². The zero-order valence-corrected chi connectivity index (χ0v) is 11.4. The molecule has 1 aromatic rings. The van der Waals surface area contributed by atoms with Crippen LogP contribution in [0.1, 0.15) is 5.56 Å². The van der Waals surface area contributed by atoms with Crippen molar-refractivity contribution in [2.75, 3.05) is 34.5 Å². The summed E-state index contributed by atoms with van der Waals surface area (Å²) in [6, 6.07) is 1.32. The van der Waals surface area contributed by atoms with Crippen LogP contribution >= 0.6 is 0 Å². The van der Waals surface area contributed by atoms with Gasteiger partial charge in [0.05, 0.1) is 31.8 Å². The van der Waals surface area contributed by atoms with Gasteiger partial charge in [-0.05, 0) is 6.92 Å². The van der Waals surface area contributed by atoms with Crippen LogP contribution in [0.2, 0.25) is 0 Å². The molecule has 0 N–H and O–H groups in total. The highest BCUT2D eigenvalue weighted by Gasteiger charge is 2.25. The van der Waals surface area contributed by atoms with Crippen LogP contribution in [0.15, 0.2) is 6.07 Å². The van der Waals surface area contributed by atoms with E-state index in [1.54, 1.807) is 14.0 Å². The van der Waals surface area contributed by atoms with E-state index in [0.717, 1.165) is 0 Å². The zero-order chi connectivity index (χ0) is 14.4. The number of ether oxygens (including phenoxy) is 4. The summed E-state index contributed by atoms with van der Waals surface area (Å²) in [7, 11) is 4.34. The molecule has 0 bridgehead atoms. The van der Waals surface area contributed by atoms with Crippen molar-refractivity contribution < 1.29 is 23.9 Å². The fourth-order valence-corrected chi connectivity index (χ4v) is 1.64. The van der Waals surface area contributed by atoms with E-state index in [9.17, 15) is 10.1 Å². The fraction of sp³-hybridized carbons (Fsp3) is 0.500. The lowest BCUT2D eigenvalue weighted by atomic mass is 10.1. The third-order valence-electron chi connectivity index (χ3n) is 2.57. The highest BCUT2D eigenvalue weighted by atomic mass is 16.6. The maximum Gasteiger partial charge on any atom is 0.318 e. The number of nitro groups is 1. The summed E-state index contributed by atoms with van der Waals surface area (Å²) in [6.45, 7) is 2.37. The maximum atomic E-state index is 11.0. The van der Waals surface area contributed by atoms with Crippen LogP contribution < -0.4 is 14.2 Å². The van der Waals surface area contributed by atoms with Gasteiger partial charge in [0.15, 0.2) is 5.75 Å². The normalized spacial score (nSPS) is 10.1. The third kappa shape index (κ3) is 3.25. The average Bonchev–Trinajstić information content (AvgIpc) is 2.39. The highest BCUT2D eigenvalue weighted by molar-refractivity contribution is 5.64. The summed E-state index contributed by atoms with van der Waals surface area (Å²) in [5.41, 5.74) is 0.443. The molecule has 0 amide bonds. The molecule has 0 heterocycles. The Kier molecular flexibility index (Phi) is 5.37. The van der Waals surface area contributed by atoms with Crippen molar-refractivity contribution in [1.29, 1.82) is 0 Å². The monoisotopic (exact) mass is 271 g/mol. The first kappa shape index (κ1) is 15.0. The molecular formula is C12H17NO6. The van der Waals surface area contributed by atoms with Gasteiger partial charge in [-0.1, -0.05) is 0 Å². The lowest BCUT2D eigenvalue weighted by Crippen LogP contribution is -2.08. The minimum absolute atomic E-state index is 0.0828. The molecule has 1 rings (SSSR count). The van der Waals surface area contributed by atoms with Gasteiger partial charge in [0.25, 0.3) is 0 Å². The first-order chi connectivity index (χ1) is 9.06. The van der Waals surface area contributed by atoms with E-state index in [2.05, 4.69) is 0 Å². The second kappa shape index (κ2) is 6.79. The quantitative estimate of drug-likeness (QED) is 0.428. The Balaban J connectivity index is 3.29. The van der Waals surface area contributed by atoms with Gasteiger partial charge in [-0.2, -0.15) is 0 Å². The van der Waals surface area contributed by atoms with Crippen LogP contribution in [-0.4, -0.2) is 39.5 Å². The van der Waals surface area contributed by atoms with Crippen LogP contribution in [0.4, 0.5) is 5.69 Å². The second-order valence-corrected chi connectivity index (χ2v) is 3.68. The first-order valence-electron chi connectivity index (χ1n) is 5.58. The van der Waals surface area contributed by atoms with Crippen molar-refractivity contribution in [3.8, 4) is 17.2 Å². The zero-order valence-electron chi connectivity index (χ0n) is 11.4. The first-order valence-corrected chi connectivity index (χ1v) is 5.58. The average molecular weight is 271 g/mol. The Bertz CT molecular complexity index is 460.